The Balaban J connectivity index is 1.71. The number of amides is 1. The number of ether oxygens (including phenoxy) is 1. The number of hydrogen-bond donors (Lipinski definition) is 3. The van der Waals surface area contributed by atoms with Crippen LogP contribution in [0.5, 0.6) is 5.75 Å². The maximum absolute atomic E-state index is 13.1. The molecule has 1 heterocycles. The number of carbonyl (C=O) groups is 1. The van der Waals surface area contributed by atoms with Crippen LogP contribution >= 0.6 is 0 Å². The highest BCUT2D eigenvalue weighted by Gasteiger charge is 2.35. The lowest BCUT2D eigenvalue weighted by Gasteiger charge is -2.27. The van der Waals surface area contributed by atoms with Crippen LogP contribution in [-0.2, 0) is 14.8 Å². The third-order valence-corrected chi connectivity index (χ3v) is 7.58. The van der Waals surface area contributed by atoms with E-state index in [0.717, 1.165) is 21.2 Å². The molecule has 8 nitrogen and oxygen atoms in total. The molecule has 1 amide bonds. The zero-order valence-corrected chi connectivity index (χ0v) is 19.2. The lowest BCUT2D eigenvalue weighted by Crippen LogP contribution is -2.51. The van der Waals surface area contributed by atoms with E-state index in [1.165, 1.54) is 12.1 Å². The fraction of sp³-hybridized carbons (Fsp3) is 0.409. The van der Waals surface area contributed by atoms with E-state index in [4.69, 9.17) is 4.74 Å². The zero-order valence-electron chi connectivity index (χ0n) is 18.4. The van der Waals surface area contributed by atoms with E-state index >= 15 is 0 Å². The summed E-state index contributed by atoms with van der Waals surface area (Å²) in [6.07, 6.45) is 0.243. The van der Waals surface area contributed by atoms with Crippen molar-refractivity contribution >= 4 is 23.0 Å². The summed E-state index contributed by atoms with van der Waals surface area (Å²) >= 11 is 0. The molecule has 3 N–H and O–H groups in total. The molecule has 2 atom stereocenters. The third kappa shape index (κ3) is 5.50. The van der Waals surface area contributed by atoms with Gasteiger partial charge in [0.2, 0.25) is 15.9 Å². The summed E-state index contributed by atoms with van der Waals surface area (Å²) in [4.78, 5) is 12.9. The van der Waals surface area contributed by atoms with E-state index in [1.807, 2.05) is 31.2 Å². The summed E-state index contributed by atoms with van der Waals surface area (Å²) in [6, 6.07) is 13.4. The normalized spacial score (nSPS) is 16.5. The standard InChI is InChI=1S/C22H29BN2O6S/c1-15(2)25(32(29,30)18-10-8-16(3)9-11-18)13-22(26)24-21(23(27)28)12-17-14-31-20-7-5-4-6-19(17)20/h4-11,15,17,21,27-28H,12-14H2,1-3H3,(H,24,26)/t17-,21+/m1/s1. The van der Waals surface area contributed by atoms with E-state index in [-0.39, 0.29) is 17.2 Å². The molecule has 2 aromatic rings. The Labute approximate surface area is 189 Å². The summed E-state index contributed by atoms with van der Waals surface area (Å²) < 4.78 is 32.9. The van der Waals surface area contributed by atoms with Crippen LogP contribution in [0.25, 0.3) is 0 Å². The van der Waals surface area contributed by atoms with Crippen molar-refractivity contribution in [3.8, 4) is 5.75 Å². The number of fused-ring (bicyclic) bond motifs is 1. The monoisotopic (exact) mass is 460 g/mol. The van der Waals surface area contributed by atoms with Crippen molar-refractivity contribution in [1.29, 1.82) is 0 Å². The molecule has 0 unspecified atom stereocenters. The van der Waals surface area contributed by atoms with Crippen molar-refractivity contribution in [2.75, 3.05) is 13.2 Å². The van der Waals surface area contributed by atoms with Crippen LogP contribution in [0, 0.1) is 6.92 Å². The number of para-hydroxylation sites is 1. The van der Waals surface area contributed by atoms with Crippen LogP contribution < -0.4 is 10.1 Å². The second kappa shape index (κ2) is 10.0. The second-order valence-corrected chi connectivity index (χ2v) is 10.2. The molecular weight excluding hydrogens is 431 g/mol. The minimum Gasteiger partial charge on any atom is -0.493 e. The molecule has 10 heteroatoms. The number of carbonyl (C=O) groups excluding carboxylic acids is 1. The van der Waals surface area contributed by atoms with Crippen LogP contribution in [0.1, 0.15) is 37.3 Å². The molecule has 3 rings (SSSR count). The summed E-state index contributed by atoms with van der Waals surface area (Å²) in [5.74, 6) is -0.959. The Hall–Kier alpha value is -2.40. The minimum atomic E-state index is -3.90. The number of nitrogens with one attached hydrogen (secondary N) is 1. The van der Waals surface area contributed by atoms with Gasteiger partial charge in [-0.25, -0.2) is 8.42 Å². The van der Waals surface area contributed by atoms with Crippen molar-refractivity contribution in [3.63, 3.8) is 0 Å². The number of hydrogen-bond acceptors (Lipinski definition) is 6. The fourth-order valence-electron chi connectivity index (χ4n) is 3.77. The predicted octanol–water partition coefficient (Wildman–Crippen LogP) is 1.46. The Bertz CT molecular complexity index is 1040. The number of benzene rings is 2. The van der Waals surface area contributed by atoms with Gasteiger partial charge < -0.3 is 20.1 Å². The topological polar surface area (TPSA) is 116 Å². The van der Waals surface area contributed by atoms with Crippen molar-refractivity contribution in [2.45, 2.75) is 50.0 Å². The van der Waals surface area contributed by atoms with Gasteiger partial charge in [0.05, 0.1) is 24.0 Å². The molecule has 0 aliphatic carbocycles. The summed E-state index contributed by atoms with van der Waals surface area (Å²) in [6.45, 7) is 5.17. The van der Waals surface area contributed by atoms with Crippen molar-refractivity contribution in [2.24, 2.45) is 0 Å². The Morgan fingerprint density at radius 2 is 1.84 bits per heavy atom. The lowest BCUT2D eigenvalue weighted by atomic mass is 9.73. The van der Waals surface area contributed by atoms with E-state index < -0.39 is 41.6 Å². The molecule has 0 saturated heterocycles. The van der Waals surface area contributed by atoms with Gasteiger partial charge in [-0.2, -0.15) is 4.31 Å². The minimum absolute atomic E-state index is 0.100. The van der Waals surface area contributed by atoms with Crippen LogP contribution in [0.15, 0.2) is 53.4 Å². The van der Waals surface area contributed by atoms with Crippen molar-refractivity contribution in [3.05, 3.63) is 59.7 Å². The van der Waals surface area contributed by atoms with Crippen molar-refractivity contribution in [1.82, 2.24) is 9.62 Å². The first-order valence-corrected chi connectivity index (χ1v) is 12.0. The Kier molecular flexibility index (Phi) is 7.61. The van der Waals surface area contributed by atoms with Gasteiger partial charge in [-0.3, -0.25) is 4.79 Å². The Morgan fingerprint density at radius 3 is 2.47 bits per heavy atom. The van der Waals surface area contributed by atoms with Gasteiger partial charge in [0, 0.05) is 17.5 Å². The maximum Gasteiger partial charge on any atom is 0.475 e. The average Bonchev–Trinajstić information content (AvgIpc) is 3.14. The number of nitrogens with zero attached hydrogens (tertiary/aromatic N) is 1. The van der Waals surface area contributed by atoms with Crippen molar-refractivity contribution < 1.29 is 28.0 Å². The van der Waals surface area contributed by atoms with Crippen LogP contribution in [0.3, 0.4) is 0 Å². The SMILES string of the molecule is Cc1ccc(S(=O)(=O)N(CC(=O)N[C@@H](C[C@@H]2COc3ccccc32)B(O)O)C(C)C)cc1. The van der Waals surface area contributed by atoms with E-state index in [9.17, 15) is 23.3 Å². The summed E-state index contributed by atoms with van der Waals surface area (Å²) in [5, 5.41) is 22.3. The number of aryl methyl sites for hydroxylation is 1. The summed E-state index contributed by atoms with van der Waals surface area (Å²) in [5.41, 5.74) is 1.87. The maximum atomic E-state index is 13.1. The fourth-order valence-corrected chi connectivity index (χ4v) is 5.36. The Morgan fingerprint density at radius 1 is 1.19 bits per heavy atom. The second-order valence-electron chi connectivity index (χ2n) is 8.33. The molecule has 0 saturated carbocycles. The molecule has 32 heavy (non-hydrogen) atoms. The molecule has 1 aliphatic rings. The predicted molar refractivity (Wildman–Crippen MR) is 122 cm³/mol. The molecule has 0 bridgehead atoms. The first kappa shape index (κ1) is 24.3. The van der Waals surface area contributed by atoms with Crippen LogP contribution in [0.4, 0.5) is 0 Å². The summed E-state index contributed by atoms with van der Waals surface area (Å²) in [7, 11) is -5.70. The highest BCUT2D eigenvalue weighted by atomic mass is 32.2. The van der Waals surface area contributed by atoms with Crippen LogP contribution in [0.2, 0.25) is 0 Å². The molecular formula is C22H29BN2O6S. The highest BCUT2D eigenvalue weighted by molar-refractivity contribution is 7.89. The van der Waals surface area contributed by atoms with Gasteiger partial charge in [-0.05, 0) is 45.4 Å². The molecule has 1 aliphatic heterocycles. The third-order valence-electron chi connectivity index (χ3n) is 5.55. The molecule has 0 radical (unpaired) electrons. The first-order chi connectivity index (χ1) is 15.1. The van der Waals surface area contributed by atoms with Gasteiger partial charge in [-0.1, -0.05) is 35.9 Å². The van der Waals surface area contributed by atoms with Gasteiger partial charge in [0.15, 0.2) is 0 Å². The molecule has 0 spiro atoms. The average molecular weight is 460 g/mol. The lowest BCUT2D eigenvalue weighted by molar-refractivity contribution is -0.122. The zero-order chi connectivity index (χ0) is 23.5. The van der Waals surface area contributed by atoms with E-state index in [1.54, 1.807) is 26.0 Å². The molecule has 0 aromatic heterocycles. The number of rotatable bonds is 9. The van der Waals surface area contributed by atoms with Gasteiger partial charge in [0.25, 0.3) is 0 Å². The molecule has 2 aromatic carbocycles. The van der Waals surface area contributed by atoms with Gasteiger partial charge in [-0.15, -0.1) is 0 Å². The van der Waals surface area contributed by atoms with Crippen LogP contribution in [-0.4, -0.2) is 60.9 Å². The highest BCUT2D eigenvalue weighted by Crippen LogP contribution is 2.36. The molecule has 172 valence electrons. The number of sulfonamides is 1. The quantitative estimate of drug-likeness (QED) is 0.488. The smallest absolute Gasteiger partial charge is 0.475 e. The van der Waals surface area contributed by atoms with Gasteiger partial charge >= 0.3 is 7.12 Å². The molecule has 0 fully saturated rings. The van der Waals surface area contributed by atoms with E-state index in [0.29, 0.717) is 6.61 Å². The largest absolute Gasteiger partial charge is 0.493 e. The van der Waals surface area contributed by atoms with Gasteiger partial charge in [0.1, 0.15) is 5.75 Å². The first-order valence-electron chi connectivity index (χ1n) is 10.6. The van der Waals surface area contributed by atoms with E-state index in [2.05, 4.69) is 5.32 Å².